The molecule has 0 radical (unpaired) electrons. The lowest BCUT2D eigenvalue weighted by atomic mass is 9.69. The van der Waals surface area contributed by atoms with E-state index in [1.54, 1.807) is 18.2 Å². The third-order valence-corrected chi connectivity index (χ3v) is 5.69. The molecule has 1 amide bonds. The van der Waals surface area contributed by atoms with Gasteiger partial charge in [0, 0.05) is 17.4 Å². The van der Waals surface area contributed by atoms with Gasteiger partial charge in [0.05, 0.1) is 10.4 Å². The van der Waals surface area contributed by atoms with Crippen LogP contribution in [0.25, 0.3) is 0 Å². The minimum Gasteiger partial charge on any atom is -0.473 e. The van der Waals surface area contributed by atoms with Gasteiger partial charge in [-0.15, -0.1) is 0 Å². The standard InChI is InChI=1S/C19H16Cl2N2O3/c20-12-8-15(21)17(22-9-12)26-13-3-5-19(6-4-13)14-7-11(10-24)1-2-16(14)23-18(19)25/h1-2,7-10,13H,3-6H2,(H,23,25). The Kier molecular flexibility index (Phi) is 4.37. The smallest absolute Gasteiger partial charge is 0.235 e. The van der Waals surface area contributed by atoms with Gasteiger partial charge in [-0.3, -0.25) is 9.59 Å². The lowest BCUT2D eigenvalue weighted by Gasteiger charge is -2.35. The van der Waals surface area contributed by atoms with E-state index in [2.05, 4.69) is 10.3 Å². The average molecular weight is 391 g/mol. The van der Waals surface area contributed by atoms with Crippen molar-refractivity contribution >= 4 is 41.1 Å². The van der Waals surface area contributed by atoms with Gasteiger partial charge in [-0.1, -0.05) is 23.2 Å². The molecule has 7 heteroatoms. The van der Waals surface area contributed by atoms with Crippen LogP contribution in [0.2, 0.25) is 10.0 Å². The zero-order chi connectivity index (χ0) is 18.3. The van der Waals surface area contributed by atoms with Crippen molar-refractivity contribution in [1.29, 1.82) is 0 Å². The van der Waals surface area contributed by atoms with Crippen LogP contribution < -0.4 is 10.1 Å². The van der Waals surface area contributed by atoms with Crippen LogP contribution >= 0.6 is 23.2 Å². The predicted octanol–water partition coefficient (Wildman–Crippen LogP) is 4.41. The molecule has 1 N–H and O–H groups in total. The van der Waals surface area contributed by atoms with E-state index >= 15 is 0 Å². The largest absolute Gasteiger partial charge is 0.473 e. The van der Waals surface area contributed by atoms with Crippen molar-refractivity contribution in [1.82, 2.24) is 4.98 Å². The number of aldehydes is 1. The predicted molar refractivity (Wildman–Crippen MR) is 99.3 cm³/mol. The number of nitrogens with zero attached hydrogens (tertiary/aromatic N) is 1. The van der Waals surface area contributed by atoms with Crippen molar-refractivity contribution in [3.05, 3.63) is 51.6 Å². The number of anilines is 1. The number of halogens is 2. The molecule has 1 saturated carbocycles. The van der Waals surface area contributed by atoms with Gasteiger partial charge in [-0.05, 0) is 55.5 Å². The molecule has 5 nitrogen and oxygen atoms in total. The Labute approximate surface area is 160 Å². The summed E-state index contributed by atoms with van der Waals surface area (Å²) in [4.78, 5) is 27.9. The van der Waals surface area contributed by atoms with E-state index in [9.17, 15) is 9.59 Å². The normalized spacial score (nSPS) is 24.2. The van der Waals surface area contributed by atoms with Crippen LogP contribution in [0.15, 0.2) is 30.5 Å². The van der Waals surface area contributed by atoms with E-state index in [1.807, 2.05) is 6.07 Å². The van der Waals surface area contributed by atoms with E-state index in [-0.39, 0.29) is 12.0 Å². The van der Waals surface area contributed by atoms with E-state index in [1.165, 1.54) is 6.20 Å². The molecule has 1 aromatic heterocycles. The highest BCUT2D eigenvalue weighted by molar-refractivity contribution is 6.35. The number of carbonyl (C=O) groups excluding carboxylic acids is 2. The number of pyridine rings is 1. The Balaban J connectivity index is 1.53. The first-order chi connectivity index (χ1) is 12.5. The Morgan fingerprint density at radius 2 is 2.00 bits per heavy atom. The quantitative estimate of drug-likeness (QED) is 0.787. The third-order valence-electron chi connectivity index (χ3n) is 5.22. The van der Waals surface area contributed by atoms with Gasteiger partial charge in [0.1, 0.15) is 17.4 Å². The van der Waals surface area contributed by atoms with Crippen molar-refractivity contribution in [3.8, 4) is 5.88 Å². The highest BCUT2D eigenvalue weighted by atomic mass is 35.5. The number of hydrogen-bond donors (Lipinski definition) is 1. The summed E-state index contributed by atoms with van der Waals surface area (Å²) in [5.74, 6) is 0.355. The lowest BCUT2D eigenvalue weighted by Crippen LogP contribution is -2.41. The third kappa shape index (κ3) is 2.85. The molecule has 134 valence electrons. The van der Waals surface area contributed by atoms with Crippen molar-refractivity contribution in [2.24, 2.45) is 0 Å². The Hall–Kier alpha value is -2.11. The molecule has 1 aliphatic heterocycles. The first kappa shape index (κ1) is 17.3. The summed E-state index contributed by atoms with van der Waals surface area (Å²) in [6, 6.07) is 6.93. The van der Waals surface area contributed by atoms with Crippen molar-refractivity contribution in [3.63, 3.8) is 0 Å². The van der Waals surface area contributed by atoms with E-state index in [0.29, 0.717) is 47.2 Å². The summed E-state index contributed by atoms with van der Waals surface area (Å²) in [6.07, 6.45) is 4.90. The molecule has 0 bridgehead atoms. The summed E-state index contributed by atoms with van der Waals surface area (Å²) < 4.78 is 5.92. The van der Waals surface area contributed by atoms with Crippen molar-refractivity contribution in [2.75, 3.05) is 5.32 Å². The average Bonchev–Trinajstić information content (AvgIpc) is 2.90. The molecule has 2 aliphatic rings. The molecule has 2 heterocycles. The first-order valence-corrected chi connectivity index (χ1v) is 9.16. The SMILES string of the molecule is O=Cc1ccc2c(c1)C1(CCC(Oc3ncc(Cl)cc3Cl)CC1)C(=O)N2. The Morgan fingerprint density at radius 1 is 1.23 bits per heavy atom. The maximum absolute atomic E-state index is 12.7. The number of nitrogens with one attached hydrogen (secondary N) is 1. The number of aromatic nitrogens is 1. The fourth-order valence-corrected chi connectivity index (χ4v) is 4.27. The van der Waals surface area contributed by atoms with Gasteiger partial charge in [-0.2, -0.15) is 0 Å². The van der Waals surface area contributed by atoms with Crippen LogP contribution in [0, 0.1) is 0 Å². The summed E-state index contributed by atoms with van der Waals surface area (Å²) in [7, 11) is 0. The van der Waals surface area contributed by atoms with Crippen molar-refractivity contribution in [2.45, 2.75) is 37.2 Å². The fourth-order valence-electron chi connectivity index (χ4n) is 3.85. The van der Waals surface area contributed by atoms with E-state index in [0.717, 1.165) is 17.5 Å². The van der Waals surface area contributed by atoms with Crippen molar-refractivity contribution < 1.29 is 14.3 Å². The second kappa shape index (κ2) is 6.56. The molecule has 26 heavy (non-hydrogen) atoms. The fraction of sp³-hybridized carbons (Fsp3) is 0.316. The Morgan fingerprint density at radius 3 is 2.69 bits per heavy atom. The molecule has 1 fully saturated rings. The highest BCUT2D eigenvalue weighted by Gasteiger charge is 2.49. The van der Waals surface area contributed by atoms with Crippen LogP contribution in [0.1, 0.15) is 41.6 Å². The number of benzene rings is 1. The molecule has 0 unspecified atom stereocenters. The highest BCUT2D eigenvalue weighted by Crippen LogP contribution is 2.48. The monoisotopic (exact) mass is 390 g/mol. The maximum atomic E-state index is 12.7. The lowest BCUT2D eigenvalue weighted by molar-refractivity contribution is -0.122. The summed E-state index contributed by atoms with van der Waals surface area (Å²) in [5.41, 5.74) is 1.69. The topological polar surface area (TPSA) is 68.3 Å². The molecule has 1 spiro atoms. The summed E-state index contributed by atoms with van der Waals surface area (Å²) >= 11 is 12.0. The van der Waals surface area contributed by atoms with Gasteiger partial charge < -0.3 is 10.1 Å². The Bertz CT molecular complexity index is 892. The molecule has 0 atom stereocenters. The van der Waals surface area contributed by atoms with E-state index < -0.39 is 5.41 Å². The number of rotatable bonds is 3. The van der Waals surface area contributed by atoms with Crippen LogP contribution in [0.4, 0.5) is 5.69 Å². The number of fused-ring (bicyclic) bond motifs is 2. The van der Waals surface area contributed by atoms with Gasteiger partial charge >= 0.3 is 0 Å². The van der Waals surface area contributed by atoms with Crippen LogP contribution in [0.3, 0.4) is 0 Å². The zero-order valence-electron chi connectivity index (χ0n) is 13.8. The molecule has 1 aliphatic carbocycles. The molecule has 0 saturated heterocycles. The molecule has 1 aromatic carbocycles. The van der Waals surface area contributed by atoms with Crippen LogP contribution in [-0.4, -0.2) is 23.3 Å². The van der Waals surface area contributed by atoms with Crippen LogP contribution in [0.5, 0.6) is 5.88 Å². The molecular weight excluding hydrogens is 375 g/mol. The molecule has 2 aromatic rings. The minimum atomic E-state index is -0.592. The number of carbonyl (C=O) groups is 2. The summed E-state index contributed by atoms with van der Waals surface area (Å²) in [6.45, 7) is 0. The van der Waals surface area contributed by atoms with Crippen LogP contribution in [-0.2, 0) is 10.2 Å². The first-order valence-electron chi connectivity index (χ1n) is 8.41. The second-order valence-electron chi connectivity index (χ2n) is 6.72. The zero-order valence-corrected chi connectivity index (χ0v) is 15.3. The number of amides is 1. The minimum absolute atomic E-state index is 0.00310. The maximum Gasteiger partial charge on any atom is 0.235 e. The van der Waals surface area contributed by atoms with E-state index in [4.69, 9.17) is 27.9 Å². The molecular formula is C19H16Cl2N2O3. The van der Waals surface area contributed by atoms with Gasteiger partial charge in [-0.25, -0.2) is 4.98 Å². The van der Waals surface area contributed by atoms with Gasteiger partial charge in [0.2, 0.25) is 11.8 Å². The second-order valence-corrected chi connectivity index (χ2v) is 7.56. The van der Waals surface area contributed by atoms with Gasteiger partial charge in [0.15, 0.2) is 0 Å². The number of ether oxygens (including phenoxy) is 1. The molecule has 4 rings (SSSR count). The van der Waals surface area contributed by atoms with Gasteiger partial charge in [0.25, 0.3) is 0 Å². The summed E-state index contributed by atoms with van der Waals surface area (Å²) in [5, 5.41) is 3.77. The number of hydrogen-bond acceptors (Lipinski definition) is 4.